The Labute approximate surface area is 222 Å². The quantitative estimate of drug-likeness (QED) is 0.364. The van der Waals surface area contributed by atoms with Crippen molar-refractivity contribution in [2.24, 2.45) is 40.4 Å². The van der Waals surface area contributed by atoms with Gasteiger partial charge in [0.2, 0.25) is 0 Å². The van der Waals surface area contributed by atoms with Crippen molar-refractivity contribution in [2.75, 3.05) is 0 Å². The van der Waals surface area contributed by atoms with Gasteiger partial charge in [0, 0.05) is 0 Å². The lowest BCUT2D eigenvalue weighted by molar-refractivity contribution is -0.163. The molecule has 4 heteroatoms. The Balaban J connectivity index is 0.000000228. The second-order valence-electron chi connectivity index (χ2n) is 15.3. The van der Waals surface area contributed by atoms with Gasteiger partial charge in [-0.25, -0.2) is 0 Å². The molecule has 0 spiro atoms. The molecule has 4 aliphatic carbocycles. The molecule has 4 saturated carbocycles. The van der Waals surface area contributed by atoms with Crippen LogP contribution in [-0.2, 0) is 4.12 Å². The first kappa shape index (κ1) is 29.9. The molecule has 1 N–H and O–H groups in total. The fourth-order valence-electron chi connectivity index (χ4n) is 8.95. The van der Waals surface area contributed by atoms with Crippen LogP contribution in [0.3, 0.4) is 0 Å². The minimum Gasteiger partial charge on any atom is -0.455 e. The molecule has 0 saturated heterocycles. The maximum atomic E-state index is 11.2. The third kappa shape index (κ3) is 5.57. The molecular weight excluding hydrogens is 461 g/mol. The highest BCUT2D eigenvalue weighted by atomic mass is 28.4. The van der Waals surface area contributed by atoms with Gasteiger partial charge in [-0.3, -0.25) is 0 Å². The lowest BCUT2D eigenvalue weighted by Gasteiger charge is -2.61. The Morgan fingerprint density at radius 2 is 1.43 bits per heavy atom. The molecule has 0 radical (unpaired) electrons. The zero-order chi connectivity index (χ0) is 26.4. The Morgan fingerprint density at radius 3 is 1.97 bits per heavy atom. The van der Waals surface area contributed by atoms with Crippen molar-refractivity contribution in [1.29, 1.82) is 0 Å². The van der Waals surface area contributed by atoms with Crippen LogP contribution in [0.15, 0.2) is 0 Å². The van der Waals surface area contributed by atoms with Crippen LogP contribution in [0.2, 0.25) is 37.3 Å². The van der Waals surface area contributed by atoms with Crippen LogP contribution >= 0.6 is 0 Å². The summed E-state index contributed by atoms with van der Waals surface area (Å²) in [5.41, 5.74) is 2.22. The Morgan fingerprint density at radius 1 is 0.829 bits per heavy atom. The fourth-order valence-corrected chi connectivity index (χ4v) is 16.3. The summed E-state index contributed by atoms with van der Waals surface area (Å²) in [5.74, 6) is 4.28. The van der Waals surface area contributed by atoms with Gasteiger partial charge in [-0.15, -0.1) is 0 Å². The molecular formula is C31H62O2Si2. The van der Waals surface area contributed by atoms with Gasteiger partial charge in [-0.05, 0) is 123 Å². The van der Waals surface area contributed by atoms with Crippen molar-refractivity contribution in [3.8, 4) is 0 Å². The van der Waals surface area contributed by atoms with Gasteiger partial charge in [-0.2, -0.15) is 0 Å². The van der Waals surface area contributed by atoms with Crippen molar-refractivity contribution in [3.05, 3.63) is 0 Å². The van der Waals surface area contributed by atoms with E-state index in [2.05, 4.69) is 74.7 Å². The SMILES string of the molecule is CC(C)[Si](C)(C)O[Si](C)(C)C(C)C.CC[C@H]1CC[C@H]2[C@@H]3CC[C@H]4CCCC[C@]4(C)[C@H]3C[C@@H](O)[C@]12C. The van der Waals surface area contributed by atoms with Crippen molar-refractivity contribution in [2.45, 2.75) is 156 Å². The van der Waals surface area contributed by atoms with E-state index >= 15 is 0 Å². The summed E-state index contributed by atoms with van der Waals surface area (Å²) < 4.78 is 6.43. The standard InChI is InChI=1S/C21H36O.C10H26OSi2/c1-4-14-9-11-17-16-10-8-15-7-5-6-12-20(15,2)18(16)13-19(22)21(14,17)3;1-9(2)12(5,6)11-13(7,8)10(3)4/h14-19,22H,4-13H2,1-3H3;9-10H,1-8H3/t14-,15+,16-,17-,18-,19+,20-,21+;/m0./s1. The lowest BCUT2D eigenvalue weighted by Crippen LogP contribution is -2.57. The topological polar surface area (TPSA) is 29.5 Å². The largest absolute Gasteiger partial charge is 0.455 e. The third-order valence-electron chi connectivity index (χ3n) is 12.7. The average Bonchev–Trinajstić information content (AvgIpc) is 3.11. The number of hydrogen-bond donors (Lipinski definition) is 1. The molecule has 0 amide bonds. The van der Waals surface area contributed by atoms with E-state index in [0.717, 1.165) is 47.1 Å². The molecule has 4 rings (SSSR count). The molecule has 8 atom stereocenters. The van der Waals surface area contributed by atoms with Gasteiger partial charge in [-0.1, -0.05) is 67.7 Å². The highest BCUT2D eigenvalue weighted by molar-refractivity contribution is 6.86. The number of aliphatic hydroxyl groups excluding tert-OH is 1. The molecule has 4 aliphatic rings. The number of rotatable bonds is 5. The predicted octanol–water partition coefficient (Wildman–Crippen LogP) is 9.65. The van der Waals surface area contributed by atoms with E-state index in [1.165, 1.54) is 57.8 Å². The lowest BCUT2D eigenvalue weighted by atomic mass is 9.44. The van der Waals surface area contributed by atoms with Crippen molar-refractivity contribution >= 4 is 16.6 Å². The Kier molecular flexibility index (Phi) is 9.27. The summed E-state index contributed by atoms with van der Waals surface area (Å²) >= 11 is 0. The monoisotopic (exact) mass is 522 g/mol. The van der Waals surface area contributed by atoms with E-state index in [4.69, 9.17) is 4.12 Å². The highest BCUT2D eigenvalue weighted by Gasteiger charge is 2.62. The second-order valence-corrected chi connectivity index (χ2v) is 24.9. The summed E-state index contributed by atoms with van der Waals surface area (Å²) in [7, 11) is -2.83. The van der Waals surface area contributed by atoms with Gasteiger partial charge in [0.15, 0.2) is 16.6 Å². The first-order valence-electron chi connectivity index (χ1n) is 15.5. The first-order valence-corrected chi connectivity index (χ1v) is 21.5. The third-order valence-corrected chi connectivity index (χ3v) is 22.4. The zero-order valence-electron chi connectivity index (χ0n) is 25.5. The molecule has 0 bridgehead atoms. The van der Waals surface area contributed by atoms with Crippen molar-refractivity contribution < 1.29 is 9.22 Å². The highest BCUT2D eigenvalue weighted by Crippen LogP contribution is 2.67. The Hall–Kier alpha value is 0.354. The van der Waals surface area contributed by atoms with E-state index in [1.54, 1.807) is 0 Å². The maximum absolute atomic E-state index is 11.2. The molecule has 0 heterocycles. The summed E-state index contributed by atoms with van der Waals surface area (Å²) in [6.45, 7) is 25.9. The van der Waals surface area contributed by atoms with E-state index in [-0.39, 0.29) is 11.5 Å². The smallest absolute Gasteiger partial charge is 0.176 e. The fraction of sp³-hybridized carbons (Fsp3) is 1.00. The van der Waals surface area contributed by atoms with Crippen LogP contribution < -0.4 is 0 Å². The van der Waals surface area contributed by atoms with Crippen LogP contribution in [0.4, 0.5) is 0 Å². The van der Waals surface area contributed by atoms with Gasteiger partial charge in [0.1, 0.15) is 0 Å². The minimum absolute atomic E-state index is 0.0382. The van der Waals surface area contributed by atoms with Gasteiger partial charge in [0.05, 0.1) is 6.10 Å². The second kappa shape index (κ2) is 10.8. The number of aliphatic hydroxyl groups is 1. The van der Waals surface area contributed by atoms with Gasteiger partial charge in [0.25, 0.3) is 0 Å². The summed E-state index contributed by atoms with van der Waals surface area (Å²) in [4.78, 5) is 0. The molecule has 206 valence electrons. The van der Waals surface area contributed by atoms with E-state index in [1.807, 2.05) is 0 Å². The molecule has 4 fully saturated rings. The molecule has 0 aromatic rings. The summed E-state index contributed by atoms with van der Waals surface area (Å²) in [5, 5.41) is 11.2. The normalized spacial score (nSPS) is 41.7. The van der Waals surface area contributed by atoms with Crippen LogP contribution in [-0.4, -0.2) is 27.8 Å². The van der Waals surface area contributed by atoms with Crippen LogP contribution in [0, 0.1) is 40.4 Å². The number of fused-ring (bicyclic) bond motifs is 5. The predicted molar refractivity (Wildman–Crippen MR) is 158 cm³/mol. The molecule has 0 aliphatic heterocycles. The first-order chi connectivity index (χ1) is 16.1. The van der Waals surface area contributed by atoms with Crippen LogP contribution in [0.25, 0.3) is 0 Å². The maximum Gasteiger partial charge on any atom is 0.176 e. The molecule has 0 unspecified atom stereocenters. The molecule has 2 nitrogen and oxygen atoms in total. The summed E-state index contributed by atoms with van der Waals surface area (Å²) in [6.07, 6.45) is 13.9. The summed E-state index contributed by atoms with van der Waals surface area (Å²) in [6, 6.07) is 0. The molecule has 0 aromatic carbocycles. The van der Waals surface area contributed by atoms with Crippen molar-refractivity contribution in [3.63, 3.8) is 0 Å². The van der Waals surface area contributed by atoms with E-state index in [9.17, 15) is 5.11 Å². The molecule has 35 heavy (non-hydrogen) atoms. The van der Waals surface area contributed by atoms with E-state index in [0.29, 0.717) is 5.41 Å². The minimum atomic E-state index is -1.42. The van der Waals surface area contributed by atoms with E-state index < -0.39 is 16.6 Å². The number of hydrogen-bond acceptors (Lipinski definition) is 2. The van der Waals surface area contributed by atoms with Crippen LogP contribution in [0.1, 0.15) is 113 Å². The average molecular weight is 523 g/mol. The zero-order valence-corrected chi connectivity index (χ0v) is 27.5. The van der Waals surface area contributed by atoms with Crippen LogP contribution in [0.5, 0.6) is 0 Å². The van der Waals surface area contributed by atoms with Crippen molar-refractivity contribution in [1.82, 2.24) is 0 Å². The molecule has 0 aromatic heterocycles. The van der Waals surface area contributed by atoms with Gasteiger partial charge < -0.3 is 9.22 Å². The Bertz CT molecular complexity index is 686. The van der Waals surface area contributed by atoms with Gasteiger partial charge >= 0.3 is 0 Å².